The van der Waals surface area contributed by atoms with Gasteiger partial charge in [0.25, 0.3) is 0 Å². The predicted molar refractivity (Wildman–Crippen MR) is 118 cm³/mol. The molecule has 0 radical (unpaired) electrons. The summed E-state index contributed by atoms with van der Waals surface area (Å²) in [6.07, 6.45) is 0.669. The highest BCUT2D eigenvalue weighted by molar-refractivity contribution is 6.35. The third-order valence-corrected chi connectivity index (χ3v) is 5.68. The lowest BCUT2D eigenvalue weighted by Gasteiger charge is -2.25. The third-order valence-electron chi connectivity index (χ3n) is 5.09. The van der Waals surface area contributed by atoms with Gasteiger partial charge in [-0.1, -0.05) is 59.6 Å². The van der Waals surface area contributed by atoms with Crippen molar-refractivity contribution in [3.05, 3.63) is 69.7 Å². The van der Waals surface area contributed by atoms with Crippen LogP contribution in [0, 0.1) is 0 Å². The number of nitrogens with two attached hydrogens (primary N) is 1. The average molecular weight is 464 g/mol. The number of amides is 3. The minimum Gasteiger partial charge on any atom is -0.445 e. The van der Waals surface area contributed by atoms with Gasteiger partial charge in [0, 0.05) is 23.0 Å². The van der Waals surface area contributed by atoms with Crippen molar-refractivity contribution in [3.8, 4) is 0 Å². The zero-order valence-corrected chi connectivity index (χ0v) is 18.2. The molecule has 31 heavy (non-hydrogen) atoms. The molecule has 7 nitrogen and oxygen atoms in total. The van der Waals surface area contributed by atoms with E-state index in [9.17, 15) is 14.4 Å². The molecule has 1 fully saturated rings. The summed E-state index contributed by atoms with van der Waals surface area (Å²) in [6.45, 7) is 0.513. The van der Waals surface area contributed by atoms with Gasteiger partial charge in [0.1, 0.15) is 18.7 Å². The molecule has 0 aliphatic carbocycles. The summed E-state index contributed by atoms with van der Waals surface area (Å²) in [5, 5.41) is 3.49. The summed E-state index contributed by atoms with van der Waals surface area (Å²) in [7, 11) is 0. The van der Waals surface area contributed by atoms with E-state index < -0.39 is 30.0 Å². The van der Waals surface area contributed by atoms with Crippen LogP contribution < -0.4 is 11.1 Å². The molecule has 3 amide bonds. The van der Waals surface area contributed by atoms with Crippen LogP contribution in [0.25, 0.3) is 0 Å². The highest BCUT2D eigenvalue weighted by atomic mass is 35.5. The fourth-order valence-corrected chi connectivity index (χ4v) is 3.94. The number of halogens is 2. The maximum absolute atomic E-state index is 12.9. The number of nitrogens with zero attached hydrogens (tertiary/aromatic N) is 1. The normalized spacial score (nSPS) is 16.6. The monoisotopic (exact) mass is 463 g/mol. The minimum absolute atomic E-state index is 0.113. The maximum Gasteiger partial charge on any atom is 0.410 e. The Kier molecular flexibility index (Phi) is 7.76. The summed E-state index contributed by atoms with van der Waals surface area (Å²) in [5.41, 5.74) is 6.97. The van der Waals surface area contributed by atoms with Crippen molar-refractivity contribution in [3.63, 3.8) is 0 Å². The Balaban J connectivity index is 1.62. The SMILES string of the molecule is NC(=O)[C@@H](Cc1ccc(Cl)cc1Cl)NC(=O)[C@H]1CCCN1C(=O)OCc1ccccc1. The van der Waals surface area contributed by atoms with E-state index in [-0.39, 0.29) is 13.0 Å². The second-order valence-electron chi connectivity index (χ2n) is 7.30. The molecule has 0 unspecified atom stereocenters. The number of ether oxygens (including phenoxy) is 1. The predicted octanol–water partition coefficient (Wildman–Crippen LogP) is 3.31. The van der Waals surface area contributed by atoms with E-state index in [1.54, 1.807) is 18.2 Å². The van der Waals surface area contributed by atoms with Crippen LogP contribution in [0.4, 0.5) is 4.79 Å². The summed E-state index contributed by atoms with van der Waals surface area (Å²) in [6, 6.07) is 12.4. The first-order valence-electron chi connectivity index (χ1n) is 9.86. The highest BCUT2D eigenvalue weighted by Crippen LogP contribution is 2.23. The van der Waals surface area contributed by atoms with Gasteiger partial charge in [-0.25, -0.2) is 4.79 Å². The first-order valence-corrected chi connectivity index (χ1v) is 10.6. The Labute approximate surface area is 190 Å². The van der Waals surface area contributed by atoms with Crippen molar-refractivity contribution in [2.45, 2.75) is 38.0 Å². The number of hydrogen-bond acceptors (Lipinski definition) is 4. The van der Waals surface area contributed by atoms with Gasteiger partial charge >= 0.3 is 6.09 Å². The van der Waals surface area contributed by atoms with Crippen molar-refractivity contribution in [1.82, 2.24) is 10.2 Å². The molecule has 9 heteroatoms. The molecular formula is C22H23Cl2N3O4. The van der Waals surface area contributed by atoms with E-state index in [0.717, 1.165) is 5.56 Å². The number of likely N-dealkylation sites (tertiary alicyclic amines) is 1. The quantitative estimate of drug-likeness (QED) is 0.657. The van der Waals surface area contributed by atoms with E-state index in [1.807, 2.05) is 30.3 Å². The van der Waals surface area contributed by atoms with Crippen LogP contribution >= 0.6 is 23.2 Å². The molecule has 2 aromatic carbocycles. The lowest BCUT2D eigenvalue weighted by molar-refractivity contribution is -0.130. The molecule has 3 rings (SSSR count). The summed E-state index contributed by atoms with van der Waals surface area (Å²) in [5.74, 6) is -1.15. The summed E-state index contributed by atoms with van der Waals surface area (Å²) in [4.78, 5) is 38.7. The van der Waals surface area contributed by atoms with Gasteiger partial charge in [0.2, 0.25) is 11.8 Å². The molecule has 0 spiro atoms. The van der Waals surface area contributed by atoms with Crippen LogP contribution in [-0.4, -0.2) is 41.4 Å². The Morgan fingerprint density at radius 3 is 2.58 bits per heavy atom. The molecule has 164 valence electrons. The van der Waals surface area contributed by atoms with E-state index >= 15 is 0 Å². The molecular weight excluding hydrogens is 441 g/mol. The van der Waals surface area contributed by atoms with Crippen molar-refractivity contribution >= 4 is 41.1 Å². The zero-order chi connectivity index (χ0) is 22.4. The Morgan fingerprint density at radius 1 is 1.16 bits per heavy atom. The van der Waals surface area contributed by atoms with E-state index in [0.29, 0.717) is 35.0 Å². The third kappa shape index (κ3) is 6.12. The van der Waals surface area contributed by atoms with Crippen LogP contribution in [0.5, 0.6) is 0 Å². The van der Waals surface area contributed by atoms with Crippen LogP contribution in [-0.2, 0) is 27.4 Å². The van der Waals surface area contributed by atoms with E-state index in [1.165, 1.54) is 4.90 Å². The van der Waals surface area contributed by atoms with Crippen LogP contribution in [0.1, 0.15) is 24.0 Å². The number of rotatable bonds is 7. The first kappa shape index (κ1) is 22.9. The number of carbonyl (C=O) groups excluding carboxylic acids is 3. The van der Waals surface area contributed by atoms with Crippen molar-refractivity contribution in [2.75, 3.05) is 6.54 Å². The van der Waals surface area contributed by atoms with Crippen LogP contribution in [0.2, 0.25) is 10.0 Å². The van der Waals surface area contributed by atoms with Gasteiger partial charge in [-0.3, -0.25) is 14.5 Å². The van der Waals surface area contributed by atoms with Gasteiger partial charge < -0.3 is 15.8 Å². The van der Waals surface area contributed by atoms with Gasteiger partial charge in [0.15, 0.2) is 0 Å². The molecule has 1 aliphatic heterocycles. The minimum atomic E-state index is -0.978. The molecule has 1 saturated heterocycles. The second kappa shape index (κ2) is 10.5. The lowest BCUT2D eigenvalue weighted by atomic mass is 10.0. The number of nitrogens with one attached hydrogen (secondary N) is 1. The molecule has 0 saturated carbocycles. The van der Waals surface area contributed by atoms with E-state index in [2.05, 4.69) is 5.32 Å². The lowest BCUT2D eigenvalue weighted by Crippen LogP contribution is -2.53. The van der Waals surface area contributed by atoms with Gasteiger partial charge in [-0.2, -0.15) is 0 Å². The average Bonchev–Trinajstić information content (AvgIpc) is 3.24. The van der Waals surface area contributed by atoms with Crippen molar-refractivity contribution < 1.29 is 19.1 Å². The zero-order valence-electron chi connectivity index (χ0n) is 16.7. The second-order valence-corrected chi connectivity index (χ2v) is 8.14. The van der Waals surface area contributed by atoms with Gasteiger partial charge in [-0.05, 0) is 36.1 Å². The Bertz CT molecular complexity index is 955. The summed E-state index contributed by atoms with van der Waals surface area (Å²) >= 11 is 12.1. The molecule has 2 aromatic rings. The molecule has 0 bridgehead atoms. The molecule has 0 aromatic heterocycles. The Hall–Kier alpha value is -2.77. The fourth-order valence-electron chi connectivity index (χ4n) is 3.46. The molecule has 1 heterocycles. The smallest absolute Gasteiger partial charge is 0.410 e. The topological polar surface area (TPSA) is 102 Å². The number of carbonyl (C=O) groups is 3. The molecule has 3 N–H and O–H groups in total. The highest BCUT2D eigenvalue weighted by Gasteiger charge is 2.36. The van der Waals surface area contributed by atoms with Gasteiger partial charge in [0.05, 0.1) is 0 Å². The number of hydrogen-bond donors (Lipinski definition) is 2. The van der Waals surface area contributed by atoms with Crippen molar-refractivity contribution in [1.29, 1.82) is 0 Å². The first-order chi connectivity index (χ1) is 14.8. The number of benzene rings is 2. The summed E-state index contributed by atoms with van der Waals surface area (Å²) < 4.78 is 5.35. The Morgan fingerprint density at radius 2 is 1.90 bits per heavy atom. The fraction of sp³-hybridized carbons (Fsp3) is 0.318. The van der Waals surface area contributed by atoms with Crippen LogP contribution in [0.3, 0.4) is 0 Å². The standard InChI is InChI=1S/C22H23Cl2N3O4/c23-16-9-8-15(17(24)12-16)11-18(20(25)28)26-21(29)19-7-4-10-27(19)22(30)31-13-14-5-2-1-3-6-14/h1-3,5-6,8-9,12,18-19H,4,7,10-11,13H2,(H2,25,28)(H,26,29)/t18-,19-/m1/s1. The van der Waals surface area contributed by atoms with Gasteiger partial charge in [-0.15, -0.1) is 0 Å². The largest absolute Gasteiger partial charge is 0.445 e. The maximum atomic E-state index is 12.9. The van der Waals surface area contributed by atoms with E-state index in [4.69, 9.17) is 33.7 Å². The van der Waals surface area contributed by atoms with Crippen molar-refractivity contribution in [2.24, 2.45) is 5.73 Å². The molecule has 2 atom stereocenters. The number of primary amides is 1. The van der Waals surface area contributed by atoms with Crippen LogP contribution in [0.15, 0.2) is 48.5 Å². The molecule has 1 aliphatic rings.